The van der Waals surface area contributed by atoms with Crippen LogP contribution in [0.1, 0.15) is 71.4 Å². The third-order valence-corrected chi connectivity index (χ3v) is 6.35. The number of aryl methyl sites for hydroxylation is 1. The Hall–Kier alpha value is -2.73. The molecule has 2 rings (SSSR count). The van der Waals surface area contributed by atoms with Crippen LogP contribution in [-0.4, -0.2) is 39.1 Å². The summed E-state index contributed by atoms with van der Waals surface area (Å²) in [6.07, 6.45) is 1.20. The maximum absolute atomic E-state index is 12.1. The van der Waals surface area contributed by atoms with E-state index in [2.05, 4.69) is 99.5 Å². The maximum Gasteiger partial charge on any atom is 0.306 e. The smallest absolute Gasteiger partial charge is 0.306 e. The standard InChI is InChI=1S/C30H47N3O3/c1-10-24(18-29(34)35-8)25-13-16-28(33(19-21(2)3)20-22(4)5)27(17-25)32-30(7,36-9)31-26-14-11-23(6)12-15-26/h11-17,21-22,24,31-32H,10,18-20H2,1-9H3. The van der Waals surface area contributed by atoms with Crippen molar-refractivity contribution in [3.8, 4) is 0 Å². The number of ether oxygens (including phenoxy) is 2. The van der Waals surface area contributed by atoms with E-state index < -0.39 is 5.85 Å². The SMILES string of the molecule is CCC(CC(=O)OC)c1ccc(N(CC(C)C)CC(C)C)c(NC(C)(Nc2ccc(C)cc2)OC)c1. The predicted octanol–water partition coefficient (Wildman–Crippen LogP) is 7.01. The average Bonchev–Trinajstić information content (AvgIpc) is 2.82. The third-order valence-electron chi connectivity index (χ3n) is 6.35. The number of hydrogen-bond donors (Lipinski definition) is 2. The lowest BCUT2D eigenvalue weighted by atomic mass is 9.92. The van der Waals surface area contributed by atoms with Crippen LogP contribution in [0.2, 0.25) is 0 Å². The second-order valence-corrected chi connectivity index (χ2v) is 10.7. The van der Waals surface area contributed by atoms with Gasteiger partial charge < -0.3 is 25.0 Å². The molecule has 0 fully saturated rings. The van der Waals surface area contributed by atoms with Gasteiger partial charge in [-0.15, -0.1) is 0 Å². The Morgan fingerprint density at radius 1 is 0.972 bits per heavy atom. The number of nitrogens with zero attached hydrogens (tertiary/aromatic N) is 1. The Labute approximate surface area is 218 Å². The monoisotopic (exact) mass is 497 g/mol. The molecule has 6 nitrogen and oxygen atoms in total. The molecule has 2 aromatic rings. The number of benzene rings is 2. The summed E-state index contributed by atoms with van der Waals surface area (Å²) in [4.78, 5) is 14.5. The first-order valence-electron chi connectivity index (χ1n) is 13.1. The van der Waals surface area contributed by atoms with Crippen molar-refractivity contribution in [1.29, 1.82) is 0 Å². The molecule has 2 aromatic carbocycles. The van der Waals surface area contributed by atoms with Crippen molar-refractivity contribution >= 4 is 23.0 Å². The lowest BCUT2D eigenvalue weighted by Crippen LogP contribution is -2.45. The highest BCUT2D eigenvalue weighted by atomic mass is 16.5. The highest BCUT2D eigenvalue weighted by molar-refractivity contribution is 5.74. The molecule has 0 spiro atoms. The number of hydrogen-bond acceptors (Lipinski definition) is 6. The highest BCUT2D eigenvalue weighted by Crippen LogP contribution is 2.35. The third kappa shape index (κ3) is 8.74. The van der Waals surface area contributed by atoms with Crippen molar-refractivity contribution in [3.05, 3.63) is 53.6 Å². The van der Waals surface area contributed by atoms with Crippen LogP contribution in [0, 0.1) is 18.8 Å². The zero-order valence-electron chi connectivity index (χ0n) is 23.8. The number of carbonyl (C=O) groups is 1. The van der Waals surface area contributed by atoms with Crippen molar-refractivity contribution in [2.24, 2.45) is 11.8 Å². The molecule has 0 aliphatic carbocycles. The van der Waals surface area contributed by atoms with Crippen molar-refractivity contribution in [2.75, 3.05) is 42.8 Å². The molecule has 0 amide bonds. The van der Waals surface area contributed by atoms with Gasteiger partial charge in [0.15, 0.2) is 0 Å². The van der Waals surface area contributed by atoms with Gasteiger partial charge in [-0.2, -0.15) is 0 Å². The van der Waals surface area contributed by atoms with E-state index in [4.69, 9.17) is 9.47 Å². The molecule has 6 heteroatoms. The molecule has 0 heterocycles. The van der Waals surface area contributed by atoms with Gasteiger partial charge in [0.25, 0.3) is 0 Å². The summed E-state index contributed by atoms with van der Waals surface area (Å²) < 4.78 is 10.9. The highest BCUT2D eigenvalue weighted by Gasteiger charge is 2.27. The van der Waals surface area contributed by atoms with Gasteiger partial charge in [0, 0.05) is 32.8 Å². The molecule has 0 radical (unpaired) electrons. The molecule has 2 atom stereocenters. The van der Waals surface area contributed by atoms with Crippen molar-refractivity contribution < 1.29 is 14.3 Å². The molecule has 0 aliphatic rings. The van der Waals surface area contributed by atoms with Gasteiger partial charge in [-0.25, -0.2) is 0 Å². The topological polar surface area (TPSA) is 62.8 Å². The zero-order valence-corrected chi connectivity index (χ0v) is 23.8. The predicted molar refractivity (Wildman–Crippen MR) is 152 cm³/mol. The average molecular weight is 498 g/mol. The fourth-order valence-electron chi connectivity index (χ4n) is 4.42. The number of methoxy groups -OCH3 is 2. The Morgan fingerprint density at radius 2 is 1.58 bits per heavy atom. The van der Waals surface area contributed by atoms with Crippen LogP contribution in [0.5, 0.6) is 0 Å². The van der Waals surface area contributed by atoms with E-state index in [1.807, 2.05) is 6.92 Å². The first kappa shape index (κ1) is 29.5. The first-order chi connectivity index (χ1) is 17.0. The van der Waals surface area contributed by atoms with Gasteiger partial charge in [-0.3, -0.25) is 4.79 Å². The Balaban J connectivity index is 2.53. The Kier molecular flexibility index (Phi) is 11.1. The minimum atomic E-state index is -0.853. The van der Waals surface area contributed by atoms with Crippen molar-refractivity contribution in [2.45, 2.75) is 73.1 Å². The van der Waals surface area contributed by atoms with Gasteiger partial charge in [0.2, 0.25) is 5.85 Å². The molecule has 0 saturated carbocycles. The lowest BCUT2D eigenvalue weighted by Gasteiger charge is -2.36. The second-order valence-electron chi connectivity index (χ2n) is 10.7. The first-order valence-corrected chi connectivity index (χ1v) is 13.1. The molecule has 0 aliphatic heterocycles. The van der Waals surface area contributed by atoms with Gasteiger partial charge in [0.05, 0.1) is 24.9 Å². The van der Waals surface area contributed by atoms with Crippen LogP contribution in [0.15, 0.2) is 42.5 Å². The van der Waals surface area contributed by atoms with Crippen LogP contribution < -0.4 is 15.5 Å². The normalized spacial score (nSPS) is 13.9. The molecular formula is C30H47N3O3. The van der Waals surface area contributed by atoms with E-state index in [-0.39, 0.29) is 11.9 Å². The molecule has 0 aromatic heterocycles. The van der Waals surface area contributed by atoms with E-state index in [0.29, 0.717) is 18.3 Å². The fourth-order valence-corrected chi connectivity index (χ4v) is 4.42. The molecular weight excluding hydrogens is 450 g/mol. The number of nitrogens with one attached hydrogen (secondary N) is 2. The number of esters is 1. The second kappa shape index (κ2) is 13.5. The number of carbonyl (C=O) groups excluding carboxylic acids is 1. The minimum absolute atomic E-state index is 0.0783. The minimum Gasteiger partial charge on any atom is -0.469 e. The van der Waals surface area contributed by atoms with Gasteiger partial charge in [-0.05, 0) is 60.9 Å². The quantitative estimate of drug-likeness (QED) is 0.216. The van der Waals surface area contributed by atoms with Crippen LogP contribution in [0.3, 0.4) is 0 Å². The van der Waals surface area contributed by atoms with Crippen molar-refractivity contribution in [3.63, 3.8) is 0 Å². The summed E-state index contributed by atoms with van der Waals surface area (Å²) in [6, 6.07) is 14.8. The maximum atomic E-state index is 12.1. The van der Waals surface area contributed by atoms with Gasteiger partial charge >= 0.3 is 5.97 Å². The van der Waals surface area contributed by atoms with Crippen molar-refractivity contribution in [1.82, 2.24) is 0 Å². The largest absolute Gasteiger partial charge is 0.469 e. The zero-order chi connectivity index (χ0) is 26.9. The van der Waals surface area contributed by atoms with E-state index in [1.54, 1.807) is 7.11 Å². The molecule has 200 valence electrons. The lowest BCUT2D eigenvalue weighted by molar-refractivity contribution is -0.141. The summed E-state index contributed by atoms with van der Waals surface area (Å²) in [7, 11) is 3.14. The summed E-state index contributed by atoms with van der Waals surface area (Å²) in [5, 5.41) is 7.17. The number of anilines is 3. The van der Waals surface area contributed by atoms with Gasteiger partial charge in [0.1, 0.15) is 0 Å². The van der Waals surface area contributed by atoms with E-state index >= 15 is 0 Å². The summed E-state index contributed by atoms with van der Waals surface area (Å²) in [6.45, 7) is 17.0. The Bertz CT molecular complexity index is 948. The summed E-state index contributed by atoms with van der Waals surface area (Å²) >= 11 is 0. The molecule has 0 bridgehead atoms. The van der Waals surface area contributed by atoms with E-state index in [0.717, 1.165) is 42.1 Å². The Morgan fingerprint density at radius 3 is 2.08 bits per heavy atom. The van der Waals surface area contributed by atoms with E-state index in [9.17, 15) is 4.79 Å². The molecule has 2 unspecified atom stereocenters. The summed E-state index contributed by atoms with van der Waals surface area (Å²) in [5.41, 5.74) is 5.38. The molecule has 2 N–H and O–H groups in total. The van der Waals surface area contributed by atoms with Gasteiger partial charge in [-0.1, -0.05) is 58.4 Å². The molecule has 0 saturated heterocycles. The number of rotatable bonds is 14. The van der Waals surface area contributed by atoms with Crippen LogP contribution in [-0.2, 0) is 14.3 Å². The fraction of sp³-hybridized carbons (Fsp3) is 0.567. The van der Waals surface area contributed by atoms with Crippen LogP contribution >= 0.6 is 0 Å². The summed E-state index contributed by atoms with van der Waals surface area (Å²) in [5.74, 6) is 0.0598. The van der Waals surface area contributed by atoms with E-state index in [1.165, 1.54) is 12.7 Å². The van der Waals surface area contributed by atoms with Crippen LogP contribution in [0.4, 0.5) is 17.1 Å². The van der Waals surface area contributed by atoms with Crippen LogP contribution in [0.25, 0.3) is 0 Å². The molecule has 36 heavy (non-hydrogen) atoms.